The highest BCUT2D eigenvalue weighted by molar-refractivity contribution is 6.13. The lowest BCUT2D eigenvalue weighted by molar-refractivity contribution is -0.186. The smallest absolute Gasteiger partial charge is 0.329 e. The van der Waals surface area contributed by atoms with E-state index < -0.39 is 5.60 Å². The minimum absolute atomic E-state index is 0.0425. The van der Waals surface area contributed by atoms with Crippen molar-refractivity contribution in [3.8, 4) is 0 Å². The molecule has 2 radical (unpaired) electrons. The van der Waals surface area contributed by atoms with E-state index in [1.807, 2.05) is 0 Å². The highest BCUT2D eigenvalue weighted by Gasteiger charge is 2.50. The molecule has 0 aromatic heterocycles. The Bertz CT molecular complexity index is 294. The molecular formula is C9H12BNO3. The summed E-state index contributed by atoms with van der Waals surface area (Å²) in [5.41, 5.74) is -1.14. The van der Waals surface area contributed by atoms with Crippen LogP contribution in [0.3, 0.4) is 0 Å². The predicted molar refractivity (Wildman–Crippen MR) is 49.8 cm³/mol. The quantitative estimate of drug-likeness (QED) is 0.430. The van der Waals surface area contributed by atoms with E-state index in [1.165, 1.54) is 0 Å². The molecule has 0 N–H and O–H groups in total. The van der Waals surface area contributed by atoms with Gasteiger partial charge in [0.15, 0.2) is 5.60 Å². The zero-order valence-corrected chi connectivity index (χ0v) is 8.16. The average Bonchev–Trinajstić information content (AvgIpc) is 2.63. The Morgan fingerprint density at radius 2 is 2.36 bits per heavy atom. The van der Waals surface area contributed by atoms with Crippen LogP contribution in [0.25, 0.3) is 0 Å². The Hall–Kier alpha value is -0.995. The van der Waals surface area contributed by atoms with E-state index in [2.05, 4.69) is 0 Å². The van der Waals surface area contributed by atoms with Crippen molar-refractivity contribution in [3.63, 3.8) is 0 Å². The second kappa shape index (κ2) is 3.00. The van der Waals surface area contributed by atoms with E-state index in [1.54, 1.807) is 11.8 Å². The Kier molecular flexibility index (Phi) is 2.05. The monoisotopic (exact) mass is 193 g/mol. The third-order valence-electron chi connectivity index (χ3n) is 2.95. The first-order chi connectivity index (χ1) is 6.58. The number of fused-ring (bicyclic) bond motifs is 1. The molecule has 1 unspecified atom stereocenters. The van der Waals surface area contributed by atoms with Gasteiger partial charge in [0.2, 0.25) is 0 Å². The number of hydrogen-bond donors (Lipinski definition) is 0. The maximum Gasteiger partial charge on any atom is 0.329 e. The van der Waals surface area contributed by atoms with Crippen molar-refractivity contribution in [1.82, 2.24) is 4.90 Å². The number of amides is 1. The van der Waals surface area contributed by atoms with Crippen LogP contribution >= 0.6 is 0 Å². The topological polar surface area (TPSA) is 46.6 Å². The summed E-state index contributed by atoms with van der Waals surface area (Å²) in [6, 6.07) is -0.359. The third kappa shape index (κ3) is 1.15. The van der Waals surface area contributed by atoms with E-state index in [9.17, 15) is 9.59 Å². The summed E-state index contributed by atoms with van der Waals surface area (Å²) in [6.07, 6.45) is 1.62. The second-order valence-corrected chi connectivity index (χ2v) is 4.01. The molecule has 74 valence electrons. The summed E-state index contributed by atoms with van der Waals surface area (Å²) in [7, 11) is 5.45. The van der Waals surface area contributed by atoms with Crippen LogP contribution in [-0.2, 0) is 14.3 Å². The van der Waals surface area contributed by atoms with Crippen LogP contribution in [0, 0.1) is 0 Å². The number of ether oxygens (including phenoxy) is 1. The maximum absolute atomic E-state index is 11.9. The van der Waals surface area contributed by atoms with Crippen molar-refractivity contribution in [2.75, 3.05) is 6.54 Å². The highest BCUT2D eigenvalue weighted by atomic mass is 16.6. The number of cyclic esters (lactones) is 1. The van der Waals surface area contributed by atoms with Crippen molar-refractivity contribution in [1.29, 1.82) is 0 Å². The molecule has 5 heteroatoms. The number of morpholine rings is 1. The fourth-order valence-corrected chi connectivity index (χ4v) is 2.02. The molecule has 0 aromatic carbocycles. The summed E-state index contributed by atoms with van der Waals surface area (Å²) >= 11 is 0. The first-order valence-electron chi connectivity index (χ1n) is 4.82. The van der Waals surface area contributed by atoms with Crippen molar-refractivity contribution >= 4 is 19.7 Å². The van der Waals surface area contributed by atoms with E-state index in [-0.39, 0.29) is 24.2 Å². The van der Waals surface area contributed by atoms with Crippen LogP contribution in [0.2, 0.25) is 6.32 Å². The lowest BCUT2D eigenvalue weighted by Crippen LogP contribution is -2.59. The van der Waals surface area contributed by atoms with Crippen molar-refractivity contribution < 1.29 is 14.3 Å². The lowest BCUT2D eigenvalue weighted by Gasteiger charge is -2.39. The zero-order chi connectivity index (χ0) is 10.3. The molecule has 2 aliphatic rings. The molecule has 0 aliphatic carbocycles. The average molecular weight is 193 g/mol. The molecule has 0 spiro atoms. The zero-order valence-electron chi connectivity index (χ0n) is 8.16. The van der Waals surface area contributed by atoms with Gasteiger partial charge < -0.3 is 9.64 Å². The number of carbonyl (C=O) groups is 2. The molecule has 4 nitrogen and oxygen atoms in total. The molecule has 2 rings (SSSR count). The van der Waals surface area contributed by atoms with Crippen LogP contribution in [0.15, 0.2) is 0 Å². The second-order valence-electron chi connectivity index (χ2n) is 4.01. The SMILES string of the molecule is [B]C[C@@]1(C)OC(=O)C2CCCN2C1=O. The minimum Gasteiger partial charge on any atom is -0.449 e. The Labute approximate surface area is 84.0 Å². The highest BCUT2D eigenvalue weighted by Crippen LogP contribution is 2.31. The number of carbonyl (C=O) groups excluding carboxylic acids is 2. The first-order valence-corrected chi connectivity index (χ1v) is 4.82. The van der Waals surface area contributed by atoms with Crippen molar-refractivity contribution in [3.05, 3.63) is 0 Å². The van der Waals surface area contributed by atoms with Crippen LogP contribution in [0.4, 0.5) is 0 Å². The van der Waals surface area contributed by atoms with E-state index in [4.69, 9.17) is 12.6 Å². The van der Waals surface area contributed by atoms with Gasteiger partial charge in [0.25, 0.3) is 5.91 Å². The number of hydrogen-bond acceptors (Lipinski definition) is 3. The van der Waals surface area contributed by atoms with Gasteiger partial charge in [0, 0.05) is 6.54 Å². The molecule has 2 saturated heterocycles. The van der Waals surface area contributed by atoms with Crippen LogP contribution in [0.1, 0.15) is 19.8 Å². The molecule has 14 heavy (non-hydrogen) atoms. The summed E-state index contributed by atoms with van der Waals surface area (Å²) < 4.78 is 5.09. The van der Waals surface area contributed by atoms with E-state index in [0.717, 1.165) is 6.42 Å². The molecule has 2 atom stereocenters. The molecule has 2 heterocycles. The fraction of sp³-hybridized carbons (Fsp3) is 0.778. The van der Waals surface area contributed by atoms with Crippen molar-refractivity contribution in [2.45, 2.75) is 37.7 Å². The van der Waals surface area contributed by atoms with Crippen LogP contribution in [0.5, 0.6) is 0 Å². The summed E-state index contributed by atoms with van der Waals surface area (Å²) in [6.45, 7) is 2.22. The molecular weight excluding hydrogens is 181 g/mol. The molecule has 1 amide bonds. The fourth-order valence-electron chi connectivity index (χ4n) is 2.02. The van der Waals surface area contributed by atoms with Gasteiger partial charge in [-0.15, -0.1) is 0 Å². The van der Waals surface area contributed by atoms with Gasteiger partial charge in [-0.25, -0.2) is 4.79 Å². The van der Waals surface area contributed by atoms with Gasteiger partial charge in [-0.3, -0.25) is 4.79 Å². The lowest BCUT2D eigenvalue weighted by atomic mass is 9.85. The van der Waals surface area contributed by atoms with Gasteiger partial charge >= 0.3 is 5.97 Å². The summed E-state index contributed by atoms with van der Waals surface area (Å²) in [4.78, 5) is 25.0. The van der Waals surface area contributed by atoms with Gasteiger partial charge in [-0.2, -0.15) is 0 Å². The number of esters is 1. The van der Waals surface area contributed by atoms with Gasteiger partial charge in [0.05, 0.1) is 7.85 Å². The first kappa shape index (κ1) is 9.56. The molecule has 0 bridgehead atoms. The van der Waals surface area contributed by atoms with E-state index >= 15 is 0 Å². The number of nitrogens with zero attached hydrogens (tertiary/aromatic N) is 1. The van der Waals surface area contributed by atoms with Gasteiger partial charge in [-0.1, -0.05) is 0 Å². The maximum atomic E-state index is 11.9. The summed E-state index contributed by atoms with van der Waals surface area (Å²) in [5, 5.41) is 0. The van der Waals surface area contributed by atoms with Gasteiger partial charge in [-0.05, 0) is 26.1 Å². The van der Waals surface area contributed by atoms with Gasteiger partial charge in [0.1, 0.15) is 6.04 Å². The molecule has 0 aromatic rings. The number of rotatable bonds is 1. The predicted octanol–water partition coefficient (Wildman–Crippen LogP) is -0.120. The largest absolute Gasteiger partial charge is 0.449 e. The minimum atomic E-state index is -1.14. The normalized spacial score (nSPS) is 36.9. The summed E-state index contributed by atoms with van der Waals surface area (Å²) in [5.74, 6) is -0.461. The van der Waals surface area contributed by atoms with E-state index in [0.29, 0.717) is 13.0 Å². The Balaban J connectivity index is 2.29. The molecule has 2 aliphatic heterocycles. The van der Waals surface area contributed by atoms with Crippen molar-refractivity contribution in [2.24, 2.45) is 0 Å². The Morgan fingerprint density at radius 3 is 3.00 bits per heavy atom. The Morgan fingerprint density at radius 1 is 1.64 bits per heavy atom. The third-order valence-corrected chi connectivity index (χ3v) is 2.95. The van der Waals surface area contributed by atoms with Crippen LogP contribution in [-0.4, -0.2) is 42.8 Å². The standard InChI is InChI=1S/C9H12BNO3/c1-9(5-10)8(13)11-4-2-3-6(11)7(12)14-9/h6H,2-5H2,1H3/t6?,9-/m1/s1. The molecule has 2 fully saturated rings. The molecule has 0 saturated carbocycles. The van der Waals surface area contributed by atoms with Crippen LogP contribution < -0.4 is 0 Å².